The number of amides is 1. The molecule has 0 aliphatic carbocycles. The molecule has 1 heterocycles. The minimum atomic E-state index is -3.71. The third kappa shape index (κ3) is 6.81. The minimum absolute atomic E-state index is 0.0886. The van der Waals surface area contributed by atoms with Crippen LogP contribution in [0.4, 0.5) is 10.1 Å². The van der Waals surface area contributed by atoms with Gasteiger partial charge in [0, 0.05) is 38.4 Å². The Kier molecular flexibility index (Phi) is 7.85. The highest BCUT2D eigenvalue weighted by molar-refractivity contribution is 7.89. The molecule has 0 radical (unpaired) electrons. The van der Waals surface area contributed by atoms with Crippen LogP contribution < -0.4 is 5.32 Å². The zero-order valence-electron chi connectivity index (χ0n) is 18.4. The van der Waals surface area contributed by atoms with Gasteiger partial charge in [0.15, 0.2) is 0 Å². The normalized spacial score (nSPS) is 16.1. The lowest BCUT2D eigenvalue weighted by atomic mass is 10.2. The van der Waals surface area contributed by atoms with Gasteiger partial charge >= 0.3 is 0 Å². The summed E-state index contributed by atoms with van der Waals surface area (Å²) in [6.07, 6.45) is 0.988. The molecule has 1 N–H and O–H groups in total. The molecule has 33 heavy (non-hydrogen) atoms. The van der Waals surface area contributed by atoms with Gasteiger partial charge in [0.1, 0.15) is 5.82 Å². The highest BCUT2D eigenvalue weighted by Gasteiger charge is 2.27. The van der Waals surface area contributed by atoms with Gasteiger partial charge in [-0.25, -0.2) is 21.2 Å². The first-order valence-electron chi connectivity index (χ1n) is 10.2. The Morgan fingerprint density at radius 2 is 1.55 bits per heavy atom. The van der Waals surface area contributed by atoms with E-state index >= 15 is 0 Å². The number of benzene rings is 2. The lowest BCUT2D eigenvalue weighted by molar-refractivity contribution is -0.116. The Morgan fingerprint density at radius 3 is 2.09 bits per heavy atom. The van der Waals surface area contributed by atoms with E-state index in [2.05, 4.69) is 10.2 Å². The molecule has 1 amide bonds. The SMILES string of the molecule is CN1CCN(S(=O)(=O)c2ccc(NC(=O)CN(Cc3ccc(F)cc3)S(C)(=O)=O)cc2)CC1. The summed E-state index contributed by atoms with van der Waals surface area (Å²) >= 11 is 0. The van der Waals surface area contributed by atoms with E-state index in [9.17, 15) is 26.0 Å². The summed E-state index contributed by atoms with van der Waals surface area (Å²) in [7, 11) is -5.40. The molecule has 180 valence electrons. The fourth-order valence-corrected chi connectivity index (χ4v) is 5.49. The van der Waals surface area contributed by atoms with Crippen LogP contribution >= 0.6 is 0 Å². The van der Waals surface area contributed by atoms with E-state index in [4.69, 9.17) is 0 Å². The Bertz CT molecular complexity index is 1180. The Morgan fingerprint density at radius 1 is 0.970 bits per heavy atom. The molecule has 0 unspecified atom stereocenters. The van der Waals surface area contributed by atoms with Gasteiger partial charge in [-0.15, -0.1) is 0 Å². The van der Waals surface area contributed by atoms with Crippen LogP contribution in [0.2, 0.25) is 0 Å². The molecule has 9 nitrogen and oxygen atoms in total. The van der Waals surface area contributed by atoms with Crippen molar-refractivity contribution in [3.63, 3.8) is 0 Å². The second kappa shape index (κ2) is 10.3. The summed E-state index contributed by atoms with van der Waals surface area (Å²) in [6.45, 7) is 1.59. The average Bonchev–Trinajstić information content (AvgIpc) is 2.75. The van der Waals surface area contributed by atoms with Gasteiger partial charge in [-0.05, 0) is 49.0 Å². The maximum atomic E-state index is 13.1. The molecular weight excluding hydrogens is 471 g/mol. The van der Waals surface area contributed by atoms with Crippen LogP contribution in [-0.4, -0.2) is 82.3 Å². The molecule has 3 rings (SSSR count). The molecule has 1 saturated heterocycles. The number of nitrogens with zero attached hydrogens (tertiary/aromatic N) is 3. The number of carbonyl (C=O) groups excluding carboxylic acids is 1. The second-order valence-corrected chi connectivity index (χ2v) is 11.9. The molecule has 0 saturated carbocycles. The van der Waals surface area contributed by atoms with Crippen LogP contribution in [0.15, 0.2) is 53.4 Å². The molecule has 2 aromatic rings. The van der Waals surface area contributed by atoms with Gasteiger partial charge in [-0.2, -0.15) is 8.61 Å². The molecule has 0 aromatic heterocycles. The second-order valence-electron chi connectivity index (χ2n) is 7.94. The van der Waals surface area contributed by atoms with E-state index in [1.165, 1.54) is 52.8 Å². The third-order valence-electron chi connectivity index (χ3n) is 5.30. The number of halogens is 1. The van der Waals surface area contributed by atoms with Gasteiger partial charge in [0.2, 0.25) is 26.0 Å². The highest BCUT2D eigenvalue weighted by Crippen LogP contribution is 2.20. The highest BCUT2D eigenvalue weighted by atomic mass is 32.2. The fraction of sp³-hybridized carbons (Fsp3) is 0.381. The van der Waals surface area contributed by atoms with Crippen LogP contribution in [0, 0.1) is 5.82 Å². The van der Waals surface area contributed by atoms with Crippen molar-refractivity contribution in [2.75, 3.05) is 51.3 Å². The van der Waals surface area contributed by atoms with E-state index < -0.39 is 38.3 Å². The lowest BCUT2D eigenvalue weighted by Crippen LogP contribution is -2.46. The van der Waals surface area contributed by atoms with Gasteiger partial charge in [0.05, 0.1) is 17.7 Å². The molecule has 1 aliphatic rings. The first-order chi connectivity index (χ1) is 15.4. The zero-order chi connectivity index (χ0) is 24.2. The molecular formula is C21H27FN4O5S2. The van der Waals surface area contributed by atoms with Crippen molar-refractivity contribution in [3.05, 3.63) is 59.9 Å². The average molecular weight is 499 g/mol. The molecule has 1 aliphatic heterocycles. The maximum absolute atomic E-state index is 13.1. The van der Waals surface area contributed by atoms with Crippen LogP contribution in [0.1, 0.15) is 5.56 Å². The van der Waals surface area contributed by atoms with Gasteiger partial charge < -0.3 is 10.2 Å². The van der Waals surface area contributed by atoms with Crippen molar-refractivity contribution in [2.45, 2.75) is 11.4 Å². The number of carbonyl (C=O) groups is 1. The van der Waals surface area contributed by atoms with Crippen LogP contribution in [0.3, 0.4) is 0 Å². The summed E-state index contributed by atoms with van der Waals surface area (Å²) < 4.78 is 65.3. The largest absolute Gasteiger partial charge is 0.325 e. The predicted molar refractivity (Wildman–Crippen MR) is 123 cm³/mol. The van der Waals surface area contributed by atoms with Crippen molar-refractivity contribution >= 4 is 31.6 Å². The van der Waals surface area contributed by atoms with Crippen LogP contribution in [0.25, 0.3) is 0 Å². The summed E-state index contributed by atoms with van der Waals surface area (Å²) in [5.74, 6) is -1.03. The number of rotatable bonds is 8. The quantitative estimate of drug-likeness (QED) is 0.586. The van der Waals surface area contributed by atoms with E-state index in [1.54, 1.807) is 0 Å². The number of anilines is 1. The number of likely N-dealkylation sites (N-methyl/N-ethyl adjacent to an activating group) is 1. The topological polar surface area (TPSA) is 107 Å². The van der Waals surface area contributed by atoms with Crippen LogP contribution in [0.5, 0.6) is 0 Å². The molecule has 0 bridgehead atoms. The molecule has 12 heteroatoms. The van der Waals surface area contributed by atoms with Crippen molar-refractivity contribution < 1.29 is 26.0 Å². The van der Waals surface area contributed by atoms with Crippen molar-refractivity contribution in [1.82, 2.24) is 13.5 Å². The first kappa shape index (κ1) is 25.2. The monoisotopic (exact) mass is 498 g/mol. The van der Waals surface area contributed by atoms with Gasteiger partial charge in [0.25, 0.3) is 0 Å². The fourth-order valence-electron chi connectivity index (χ4n) is 3.33. The summed E-state index contributed by atoms with van der Waals surface area (Å²) in [4.78, 5) is 14.6. The Hall–Kier alpha value is -2.38. The van der Waals surface area contributed by atoms with Gasteiger partial charge in [-0.1, -0.05) is 12.1 Å². The van der Waals surface area contributed by atoms with Crippen molar-refractivity contribution in [3.8, 4) is 0 Å². The number of hydrogen-bond acceptors (Lipinski definition) is 6. The lowest BCUT2D eigenvalue weighted by Gasteiger charge is -2.31. The molecule has 1 fully saturated rings. The number of piperazine rings is 1. The zero-order valence-corrected chi connectivity index (χ0v) is 20.1. The summed E-state index contributed by atoms with van der Waals surface area (Å²) in [5.41, 5.74) is 0.876. The number of hydrogen-bond donors (Lipinski definition) is 1. The molecule has 0 atom stereocenters. The van der Waals surface area contributed by atoms with E-state index in [-0.39, 0.29) is 11.4 Å². The van der Waals surface area contributed by atoms with Crippen molar-refractivity contribution in [1.29, 1.82) is 0 Å². The van der Waals surface area contributed by atoms with E-state index in [0.717, 1.165) is 10.6 Å². The Labute approximate surface area is 193 Å². The van der Waals surface area contributed by atoms with Gasteiger partial charge in [-0.3, -0.25) is 4.79 Å². The Balaban J connectivity index is 1.64. The van der Waals surface area contributed by atoms with E-state index in [1.807, 2.05) is 7.05 Å². The van der Waals surface area contributed by atoms with Crippen molar-refractivity contribution in [2.24, 2.45) is 0 Å². The molecule has 2 aromatic carbocycles. The maximum Gasteiger partial charge on any atom is 0.243 e. The summed E-state index contributed by atoms with van der Waals surface area (Å²) in [5, 5.41) is 2.58. The van der Waals surface area contributed by atoms with E-state index in [0.29, 0.717) is 37.4 Å². The number of sulfonamides is 2. The van der Waals surface area contributed by atoms with Crippen LogP contribution in [-0.2, 0) is 31.4 Å². The molecule has 0 spiro atoms. The first-order valence-corrected chi connectivity index (χ1v) is 13.5. The standard InChI is InChI=1S/C21H27FN4O5S2/c1-24-11-13-25(14-12-24)33(30,31)20-9-7-19(8-10-20)23-21(27)16-26(32(2,28)29)15-17-3-5-18(22)6-4-17/h3-10H,11-16H2,1-2H3,(H,23,27). The minimum Gasteiger partial charge on any atom is -0.325 e. The summed E-state index contributed by atoms with van der Waals surface area (Å²) in [6, 6.07) is 11.1. The predicted octanol–water partition coefficient (Wildman–Crippen LogP) is 1.16. The smallest absolute Gasteiger partial charge is 0.243 e. The number of nitrogens with one attached hydrogen (secondary N) is 1. The third-order valence-corrected chi connectivity index (χ3v) is 8.41.